The summed E-state index contributed by atoms with van der Waals surface area (Å²) in [5, 5.41) is 17.4. The summed E-state index contributed by atoms with van der Waals surface area (Å²) >= 11 is 1.66. The highest BCUT2D eigenvalue weighted by Gasteiger charge is 2.14. The van der Waals surface area contributed by atoms with Gasteiger partial charge in [-0.2, -0.15) is 21.5 Å². The third kappa shape index (κ3) is 3.28. The van der Waals surface area contributed by atoms with Crippen LogP contribution in [0, 0.1) is 13.8 Å². The average Bonchev–Trinajstić information content (AvgIpc) is 3.16. The van der Waals surface area contributed by atoms with Crippen LogP contribution in [0.3, 0.4) is 0 Å². The zero-order chi connectivity index (χ0) is 17.1. The SMILES string of the molecule is Cc1nn(CCNC(=O)c2ccc(=O)[nH]n2)c(C)c1-c1ccsc1. The van der Waals surface area contributed by atoms with E-state index in [1.807, 2.05) is 23.9 Å². The van der Waals surface area contributed by atoms with Crippen LogP contribution in [0.1, 0.15) is 21.9 Å². The van der Waals surface area contributed by atoms with E-state index in [0.717, 1.165) is 17.0 Å². The number of aromatic amines is 1. The van der Waals surface area contributed by atoms with Crippen LogP contribution in [0.4, 0.5) is 0 Å². The molecule has 0 aliphatic rings. The van der Waals surface area contributed by atoms with Gasteiger partial charge in [-0.25, -0.2) is 5.10 Å². The Morgan fingerprint density at radius 3 is 2.83 bits per heavy atom. The first-order valence-electron chi connectivity index (χ1n) is 7.47. The van der Waals surface area contributed by atoms with Gasteiger partial charge in [0.25, 0.3) is 11.5 Å². The molecule has 0 bridgehead atoms. The molecule has 124 valence electrons. The van der Waals surface area contributed by atoms with Gasteiger partial charge >= 0.3 is 0 Å². The summed E-state index contributed by atoms with van der Waals surface area (Å²) < 4.78 is 1.89. The molecule has 24 heavy (non-hydrogen) atoms. The number of carbonyl (C=O) groups is 1. The number of nitrogens with one attached hydrogen (secondary N) is 2. The molecular weight excluding hydrogens is 326 g/mol. The Morgan fingerprint density at radius 2 is 2.17 bits per heavy atom. The van der Waals surface area contributed by atoms with Gasteiger partial charge in [0.2, 0.25) is 0 Å². The van der Waals surface area contributed by atoms with Gasteiger partial charge in [0, 0.05) is 23.9 Å². The normalized spacial score (nSPS) is 10.8. The minimum atomic E-state index is -0.338. The van der Waals surface area contributed by atoms with Crippen molar-refractivity contribution in [1.82, 2.24) is 25.3 Å². The molecule has 0 saturated heterocycles. The van der Waals surface area contributed by atoms with E-state index < -0.39 is 0 Å². The topological polar surface area (TPSA) is 92.7 Å². The van der Waals surface area contributed by atoms with E-state index in [1.54, 1.807) is 11.3 Å². The Labute approximate surface area is 142 Å². The van der Waals surface area contributed by atoms with Crippen molar-refractivity contribution < 1.29 is 4.79 Å². The quantitative estimate of drug-likeness (QED) is 0.738. The van der Waals surface area contributed by atoms with Crippen LogP contribution in [0.25, 0.3) is 11.1 Å². The number of amides is 1. The molecule has 1 amide bonds. The molecule has 3 aromatic heterocycles. The third-order valence-corrected chi connectivity index (χ3v) is 4.40. The Morgan fingerprint density at radius 1 is 1.33 bits per heavy atom. The van der Waals surface area contributed by atoms with Crippen LogP contribution in [0.15, 0.2) is 33.8 Å². The smallest absolute Gasteiger partial charge is 0.271 e. The van der Waals surface area contributed by atoms with E-state index in [0.29, 0.717) is 13.1 Å². The number of hydrogen-bond acceptors (Lipinski definition) is 5. The first kappa shape index (κ1) is 16.1. The van der Waals surface area contributed by atoms with Crippen molar-refractivity contribution in [2.75, 3.05) is 6.54 Å². The molecule has 0 aliphatic heterocycles. The lowest BCUT2D eigenvalue weighted by Gasteiger charge is -2.07. The van der Waals surface area contributed by atoms with E-state index >= 15 is 0 Å². The molecule has 0 unspecified atom stereocenters. The predicted molar refractivity (Wildman–Crippen MR) is 92.2 cm³/mol. The van der Waals surface area contributed by atoms with Crippen molar-refractivity contribution in [2.45, 2.75) is 20.4 Å². The first-order valence-corrected chi connectivity index (χ1v) is 8.41. The summed E-state index contributed by atoms with van der Waals surface area (Å²) in [7, 11) is 0. The summed E-state index contributed by atoms with van der Waals surface area (Å²) in [4.78, 5) is 22.9. The summed E-state index contributed by atoms with van der Waals surface area (Å²) in [5.41, 5.74) is 4.20. The average molecular weight is 343 g/mol. The van der Waals surface area contributed by atoms with E-state index in [2.05, 4.69) is 32.1 Å². The van der Waals surface area contributed by atoms with Crippen LogP contribution in [-0.2, 0) is 6.54 Å². The van der Waals surface area contributed by atoms with Gasteiger partial charge in [0.15, 0.2) is 0 Å². The van der Waals surface area contributed by atoms with Crippen molar-refractivity contribution in [3.63, 3.8) is 0 Å². The second-order valence-corrected chi connectivity index (χ2v) is 6.12. The van der Waals surface area contributed by atoms with E-state index in [1.165, 1.54) is 17.7 Å². The fourth-order valence-electron chi connectivity index (χ4n) is 2.58. The second-order valence-electron chi connectivity index (χ2n) is 5.34. The Balaban J connectivity index is 1.65. The Kier molecular flexibility index (Phi) is 4.57. The lowest BCUT2D eigenvalue weighted by Crippen LogP contribution is -2.29. The molecule has 0 fully saturated rings. The number of nitrogens with zero attached hydrogens (tertiary/aromatic N) is 3. The molecule has 3 rings (SSSR count). The van der Waals surface area contributed by atoms with Gasteiger partial charge in [0.05, 0.1) is 12.2 Å². The van der Waals surface area contributed by atoms with E-state index in [9.17, 15) is 9.59 Å². The summed E-state index contributed by atoms with van der Waals surface area (Å²) in [5.74, 6) is -0.328. The number of thiophene rings is 1. The number of aryl methyl sites for hydroxylation is 1. The number of H-pyrrole nitrogens is 1. The van der Waals surface area contributed by atoms with Crippen LogP contribution in [0.2, 0.25) is 0 Å². The molecule has 0 aromatic carbocycles. The molecule has 7 nitrogen and oxygen atoms in total. The van der Waals surface area contributed by atoms with Crippen molar-refractivity contribution in [3.05, 3.63) is 56.4 Å². The Hall–Kier alpha value is -2.74. The highest BCUT2D eigenvalue weighted by Crippen LogP contribution is 2.28. The maximum Gasteiger partial charge on any atom is 0.271 e. The van der Waals surface area contributed by atoms with Crippen LogP contribution < -0.4 is 10.9 Å². The predicted octanol–water partition coefficient (Wildman–Crippen LogP) is 1.74. The summed E-state index contributed by atoms with van der Waals surface area (Å²) in [6.07, 6.45) is 0. The monoisotopic (exact) mass is 343 g/mol. The number of hydrogen-bond donors (Lipinski definition) is 2. The maximum atomic E-state index is 12.0. The highest BCUT2D eigenvalue weighted by atomic mass is 32.1. The highest BCUT2D eigenvalue weighted by molar-refractivity contribution is 7.08. The molecule has 2 N–H and O–H groups in total. The van der Waals surface area contributed by atoms with Crippen molar-refractivity contribution >= 4 is 17.2 Å². The second kappa shape index (κ2) is 6.79. The lowest BCUT2D eigenvalue weighted by atomic mass is 10.1. The minimum Gasteiger partial charge on any atom is -0.349 e. The molecular formula is C16H17N5O2S. The molecule has 0 saturated carbocycles. The van der Waals surface area contributed by atoms with Gasteiger partial charge in [0.1, 0.15) is 5.69 Å². The number of rotatable bonds is 5. The Bertz CT molecular complexity index is 891. The number of carbonyl (C=O) groups excluding carboxylic acids is 1. The first-order chi connectivity index (χ1) is 11.6. The number of aromatic nitrogens is 4. The fraction of sp³-hybridized carbons (Fsp3) is 0.250. The largest absolute Gasteiger partial charge is 0.349 e. The molecule has 0 atom stereocenters. The molecule has 0 radical (unpaired) electrons. The van der Waals surface area contributed by atoms with Gasteiger partial charge in [-0.3, -0.25) is 14.3 Å². The third-order valence-electron chi connectivity index (χ3n) is 3.71. The molecule has 0 aliphatic carbocycles. The van der Waals surface area contributed by atoms with Crippen molar-refractivity contribution in [2.24, 2.45) is 0 Å². The molecule has 3 heterocycles. The lowest BCUT2D eigenvalue weighted by molar-refractivity contribution is 0.0945. The summed E-state index contributed by atoms with van der Waals surface area (Å²) in [6, 6.07) is 4.75. The zero-order valence-electron chi connectivity index (χ0n) is 13.4. The van der Waals surface area contributed by atoms with Crippen LogP contribution in [-0.4, -0.2) is 32.4 Å². The van der Waals surface area contributed by atoms with Gasteiger partial charge in [-0.15, -0.1) is 0 Å². The maximum absolute atomic E-state index is 12.0. The molecule has 8 heteroatoms. The van der Waals surface area contributed by atoms with Crippen LogP contribution >= 0.6 is 11.3 Å². The van der Waals surface area contributed by atoms with E-state index in [-0.39, 0.29) is 17.2 Å². The van der Waals surface area contributed by atoms with E-state index in [4.69, 9.17) is 0 Å². The van der Waals surface area contributed by atoms with Gasteiger partial charge in [-0.05, 0) is 42.3 Å². The zero-order valence-corrected chi connectivity index (χ0v) is 14.2. The van der Waals surface area contributed by atoms with Crippen molar-refractivity contribution in [3.8, 4) is 11.1 Å². The fourth-order valence-corrected chi connectivity index (χ4v) is 3.22. The minimum absolute atomic E-state index is 0.182. The van der Waals surface area contributed by atoms with Gasteiger partial charge in [-0.1, -0.05) is 0 Å². The molecule has 3 aromatic rings. The summed E-state index contributed by atoms with van der Waals surface area (Å²) in [6.45, 7) is 4.99. The van der Waals surface area contributed by atoms with Crippen LogP contribution in [0.5, 0.6) is 0 Å². The van der Waals surface area contributed by atoms with Gasteiger partial charge < -0.3 is 5.32 Å². The molecule has 0 spiro atoms. The standard InChI is InChI=1S/C16H17N5O2S/c1-10-15(12-5-8-24-9-12)11(2)21(20-10)7-6-17-16(23)13-3-4-14(22)19-18-13/h3-5,8-9H,6-7H2,1-2H3,(H,17,23)(H,19,22). The van der Waals surface area contributed by atoms with Crippen molar-refractivity contribution in [1.29, 1.82) is 0 Å².